The minimum absolute atomic E-state index is 0.0676. The molecule has 0 saturated heterocycles. The normalized spacial score (nSPS) is 10.7. The number of carbonyl (C=O) groups is 1. The van der Waals surface area contributed by atoms with Crippen LogP contribution in [-0.2, 0) is 24.9 Å². The zero-order chi connectivity index (χ0) is 14.0. The van der Waals surface area contributed by atoms with Crippen molar-refractivity contribution in [3.8, 4) is 0 Å². The van der Waals surface area contributed by atoms with E-state index in [0.29, 0.717) is 6.54 Å². The van der Waals surface area contributed by atoms with Crippen LogP contribution in [0.4, 0.5) is 0 Å². The summed E-state index contributed by atoms with van der Waals surface area (Å²) < 4.78 is 4.31. The first-order valence-corrected chi connectivity index (χ1v) is 6.70. The molecule has 0 aliphatic rings. The average molecular weight is 326 g/mol. The zero-order valence-corrected chi connectivity index (χ0v) is 12.7. The Labute approximate surface area is 119 Å². The van der Waals surface area contributed by atoms with Crippen LogP contribution in [0.3, 0.4) is 0 Å². The maximum absolute atomic E-state index is 11.9. The lowest BCUT2D eigenvalue weighted by Crippen LogP contribution is -2.28. The van der Waals surface area contributed by atoms with Gasteiger partial charge in [-0.25, -0.2) is 0 Å². The molecule has 0 saturated carbocycles. The van der Waals surface area contributed by atoms with Crippen molar-refractivity contribution in [3.05, 3.63) is 33.8 Å². The third-order valence-corrected chi connectivity index (χ3v) is 3.71. The Hall–Kier alpha value is -1.63. The first-order chi connectivity index (χ1) is 8.97. The van der Waals surface area contributed by atoms with E-state index in [9.17, 15) is 4.79 Å². The van der Waals surface area contributed by atoms with Crippen LogP contribution in [0.5, 0.6) is 0 Å². The standard InChI is InChI=1S/C12H16BrN5O/c1-8-10(6-17(3)16-8)4-14-12(19)7-18-9(2)11(13)5-15-18/h5-6H,4,7H2,1-3H3,(H,14,19). The molecule has 0 bridgehead atoms. The summed E-state index contributed by atoms with van der Waals surface area (Å²) in [5.41, 5.74) is 2.89. The van der Waals surface area contributed by atoms with Crippen molar-refractivity contribution in [2.24, 2.45) is 7.05 Å². The molecule has 1 N–H and O–H groups in total. The van der Waals surface area contributed by atoms with Gasteiger partial charge in [-0.1, -0.05) is 0 Å². The van der Waals surface area contributed by atoms with Crippen molar-refractivity contribution in [2.75, 3.05) is 0 Å². The lowest BCUT2D eigenvalue weighted by Gasteiger charge is -2.06. The molecule has 0 radical (unpaired) electrons. The van der Waals surface area contributed by atoms with Crippen molar-refractivity contribution < 1.29 is 4.79 Å². The molecular formula is C12H16BrN5O. The number of hydrogen-bond acceptors (Lipinski definition) is 3. The number of nitrogens with one attached hydrogen (secondary N) is 1. The van der Waals surface area contributed by atoms with Crippen LogP contribution < -0.4 is 5.32 Å². The van der Waals surface area contributed by atoms with Crippen LogP contribution >= 0.6 is 15.9 Å². The molecule has 0 aliphatic carbocycles. The van der Waals surface area contributed by atoms with E-state index in [-0.39, 0.29) is 12.5 Å². The molecule has 2 heterocycles. The third-order valence-electron chi connectivity index (χ3n) is 2.93. The van der Waals surface area contributed by atoms with E-state index in [4.69, 9.17) is 0 Å². The topological polar surface area (TPSA) is 64.7 Å². The highest BCUT2D eigenvalue weighted by Gasteiger charge is 2.09. The highest BCUT2D eigenvalue weighted by atomic mass is 79.9. The van der Waals surface area contributed by atoms with Gasteiger partial charge < -0.3 is 5.32 Å². The van der Waals surface area contributed by atoms with Gasteiger partial charge in [0, 0.05) is 25.4 Å². The fourth-order valence-electron chi connectivity index (χ4n) is 1.79. The Morgan fingerprint density at radius 1 is 1.47 bits per heavy atom. The molecule has 0 aromatic carbocycles. The second kappa shape index (κ2) is 5.56. The van der Waals surface area contributed by atoms with Gasteiger partial charge in [0.15, 0.2) is 0 Å². The smallest absolute Gasteiger partial charge is 0.242 e. The fourth-order valence-corrected chi connectivity index (χ4v) is 2.09. The van der Waals surface area contributed by atoms with E-state index in [1.54, 1.807) is 15.6 Å². The minimum Gasteiger partial charge on any atom is -0.350 e. The SMILES string of the molecule is Cc1nn(C)cc1CNC(=O)Cn1ncc(Br)c1C. The molecule has 7 heteroatoms. The number of amides is 1. The summed E-state index contributed by atoms with van der Waals surface area (Å²) in [5.74, 6) is -0.0676. The number of halogens is 1. The molecule has 19 heavy (non-hydrogen) atoms. The van der Waals surface area contributed by atoms with Crippen molar-refractivity contribution >= 4 is 21.8 Å². The van der Waals surface area contributed by atoms with E-state index in [1.807, 2.05) is 27.1 Å². The van der Waals surface area contributed by atoms with Gasteiger partial charge >= 0.3 is 0 Å². The number of aryl methyl sites for hydroxylation is 2. The molecule has 0 atom stereocenters. The van der Waals surface area contributed by atoms with Crippen molar-refractivity contribution in [1.29, 1.82) is 0 Å². The van der Waals surface area contributed by atoms with Crippen molar-refractivity contribution in [1.82, 2.24) is 24.9 Å². The van der Waals surface area contributed by atoms with Crippen LogP contribution in [0.2, 0.25) is 0 Å². The highest BCUT2D eigenvalue weighted by molar-refractivity contribution is 9.10. The van der Waals surface area contributed by atoms with E-state index >= 15 is 0 Å². The van der Waals surface area contributed by atoms with Crippen LogP contribution in [0.15, 0.2) is 16.9 Å². The largest absolute Gasteiger partial charge is 0.350 e. The number of rotatable bonds is 4. The van der Waals surface area contributed by atoms with Crippen LogP contribution in [0.25, 0.3) is 0 Å². The fraction of sp³-hybridized carbons (Fsp3) is 0.417. The summed E-state index contributed by atoms with van der Waals surface area (Å²) >= 11 is 3.37. The van der Waals surface area contributed by atoms with Crippen LogP contribution in [0.1, 0.15) is 17.0 Å². The monoisotopic (exact) mass is 325 g/mol. The second-order valence-corrected chi connectivity index (χ2v) is 5.28. The maximum Gasteiger partial charge on any atom is 0.242 e. The lowest BCUT2D eigenvalue weighted by molar-refractivity contribution is -0.122. The Morgan fingerprint density at radius 3 is 2.74 bits per heavy atom. The number of carbonyl (C=O) groups excluding carboxylic acids is 1. The van der Waals surface area contributed by atoms with Gasteiger partial charge in [-0.3, -0.25) is 14.2 Å². The Balaban J connectivity index is 1.92. The number of nitrogens with zero attached hydrogens (tertiary/aromatic N) is 4. The predicted molar refractivity (Wildman–Crippen MR) is 74.5 cm³/mol. The summed E-state index contributed by atoms with van der Waals surface area (Å²) in [4.78, 5) is 11.9. The molecule has 0 fully saturated rings. The van der Waals surface area contributed by atoms with Crippen molar-refractivity contribution in [3.63, 3.8) is 0 Å². The van der Waals surface area contributed by atoms with Crippen molar-refractivity contribution in [2.45, 2.75) is 26.9 Å². The molecule has 6 nitrogen and oxygen atoms in total. The van der Waals surface area contributed by atoms with E-state index < -0.39 is 0 Å². The first kappa shape index (κ1) is 13.8. The van der Waals surface area contributed by atoms with E-state index in [1.165, 1.54) is 0 Å². The van der Waals surface area contributed by atoms with Gasteiger partial charge in [0.2, 0.25) is 5.91 Å². The van der Waals surface area contributed by atoms with Gasteiger partial charge in [-0.15, -0.1) is 0 Å². The highest BCUT2D eigenvalue weighted by Crippen LogP contribution is 2.13. The predicted octanol–water partition coefficient (Wildman–Crippen LogP) is 1.31. The zero-order valence-electron chi connectivity index (χ0n) is 11.1. The number of aromatic nitrogens is 4. The molecule has 102 valence electrons. The Kier molecular flexibility index (Phi) is 4.04. The Bertz CT molecular complexity index is 601. The summed E-state index contributed by atoms with van der Waals surface area (Å²) in [6.45, 7) is 4.54. The molecule has 0 aliphatic heterocycles. The molecule has 2 aromatic rings. The van der Waals surface area contributed by atoms with Gasteiger partial charge in [0.25, 0.3) is 0 Å². The minimum atomic E-state index is -0.0676. The van der Waals surface area contributed by atoms with Gasteiger partial charge in [0.1, 0.15) is 6.54 Å². The second-order valence-electron chi connectivity index (χ2n) is 4.43. The van der Waals surface area contributed by atoms with E-state index in [2.05, 4.69) is 31.4 Å². The summed E-state index contributed by atoms with van der Waals surface area (Å²) in [7, 11) is 1.86. The molecular weight excluding hydrogens is 310 g/mol. The average Bonchev–Trinajstić information content (AvgIpc) is 2.83. The number of hydrogen-bond donors (Lipinski definition) is 1. The molecule has 1 amide bonds. The third kappa shape index (κ3) is 3.23. The summed E-state index contributed by atoms with van der Waals surface area (Å²) in [6.07, 6.45) is 3.60. The van der Waals surface area contributed by atoms with E-state index in [0.717, 1.165) is 21.4 Å². The van der Waals surface area contributed by atoms with Gasteiger partial charge in [-0.05, 0) is 29.8 Å². The van der Waals surface area contributed by atoms with Crippen LogP contribution in [-0.4, -0.2) is 25.5 Å². The summed E-state index contributed by atoms with van der Waals surface area (Å²) in [6, 6.07) is 0. The molecule has 0 unspecified atom stereocenters. The quantitative estimate of drug-likeness (QED) is 0.921. The maximum atomic E-state index is 11.9. The van der Waals surface area contributed by atoms with Crippen LogP contribution in [0, 0.1) is 13.8 Å². The molecule has 2 aromatic heterocycles. The lowest BCUT2D eigenvalue weighted by atomic mass is 10.2. The summed E-state index contributed by atoms with van der Waals surface area (Å²) in [5, 5.41) is 11.2. The molecule has 2 rings (SSSR count). The van der Waals surface area contributed by atoms with Gasteiger partial charge in [0.05, 0.1) is 22.1 Å². The Morgan fingerprint density at radius 2 is 2.21 bits per heavy atom. The molecule has 0 spiro atoms. The first-order valence-electron chi connectivity index (χ1n) is 5.91. The van der Waals surface area contributed by atoms with Gasteiger partial charge in [-0.2, -0.15) is 10.2 Å².